The van der Waals surface area contributed by atoms with Crippen molar-refractivity contribution in [1.82, 2.24) is 0 Å². The zero-order valence-corrected chi connectivity index (χ0v) is 8.53. The molecule has 1 aromatic carbocycles. The molecule has 0 bridgehead atoms. The van der Waals surface area contributed by atoms with Crippen LogP contribution in [0.15, 0.2) is 29.3 Å². The largest absolute Gasteiger partial charge is 0.297 e. The first-order chi connectivity index (χ1) is 7.16. The van der Waals surface area contributed by atoms with Crippen molar-refractivity contribution in [1.29, 1.82) is 0 Å². The van der Waals surface area contributed by atoms with Gasteiger partial charge in [-0.2, -0.15) is 0 Å². The molecule has 2 nitrogen and oxygen atoms in total. The summed E-state index contributed by atoms with van der Waals surface area (Å²) in [5.74, 6) is -0.103. The zero-order valence-electron chi connectivity index (χ0n) is 8.53. The van der Waals surface area contributed by atoms with Crippen LogP contribution in [0, 0.1) is 5.82 Å². The van der Waals surface area contributed by atoms with Crippen molar-refractivity contribution < 1.29 is 9.18 Å². The van der Waals surface area contributed by atoms with Crippen LogP contribution >= 0.6 is 0 Å². The molecule has 0 N–H and O–H groups in total. The highest BCUT2D eigenvalue weighted by atomic mass is 19.1. The van der Waals surface area contributed by atoms with E-state index in [1.54, 1.807) is 19.1 Å². The van der Waals surface area contributed by atoms with Gasteiger partial charge < -0.3 is 0 Å². The first-order valence-corrected chi connectivity index (χ1v) is 4.98. The predicted octanol–water partition coefficient (Wildman–Crippen LogP) is 2.17. The van der Waals surface area contributed by atoms with Gasteiger partial charge in [-0.25, -0.2) is 4.39 Å². The maximum atomic E-state index is 12.6. The fourth-order valence-corrected chi connectivity index (χ4v) is 1.58. The van der Waals surface area contributed by atoms with E-state index in [1.807, 2.05) is 0 Å². The second-order valence-electron chi connectivity index (χ2n) is 3.76. The molecule has 3 heteroatoms. The molecule has 0 fully saturated rings. The summed E-state index contributed by atoms with van der Waals surface area (Å²) >= 11 is 0. The molecular formula is C12H12FNO. The van der Waals surface area contributed by atoms with Crippen LogP contribution < -0.4 is 0 Å². The van der Waals surface area contributed by atoms with Gasteiger partial charge in [0.1, 0.15) is 11.9 Å². The minimum absolute atomic E-state index is 0.115. The number of carbonyl (C=O) groups is 1. The van der Waals surface area contributed by atoms with Crippen LogP contribution in [0.3, 0.4) is 0 Å². The number of nitrogens with zero attached hydrogens (tertiary/aromatic N) is 1. The van der Waals surface area contributed by atoms with E-state index < -0.39 is 0 Å². The first kappa shape index (κ1) is 10.0. The van der Waals surface area contributed by atoms with E-state index in [0.29, 0.717) is 0 Å². The van der Waals surface area contributed by atoms with Crippen molar-refractivity contribution in [2.24, 2.45) is 4.99 Å². The summed E-state index contributed by atoms with van der Waals surface area (Å²) in [7, 11) is 0. The van der Waals surface area contributed by atoms with Crippen molar-refractivity contribution in [3.05, 3.63) is 35.6 Å². The van der Waals surface area contributed by atoms with Crippen molar-refractivity contribution in [3.8, 4) is 0 Å². The van der Waals surface area contributed by atoms with E-state index in [2.05, 4.69) is 4.99 Å². The van der Waals surface area contributed by atoms with Crippen molar-refractivity contribution in [3.63, 3.8) is 0 Å². The molecule has 1 aliphatic rings. The van der Waals surface area contributed by atoms with Crippen molar-refractivity contribution >= 4 is 11.5 Å². The number of ketones is 1. The Morgan fingerprint density at radius 3 is 2.53 bits per heavy atom. The fourth-order valence-electron chi connectivity index (χ4n) is 1.58. The third-order valence-corrected chi connectivity index (χ3v) is 2.51. The van der Waals surface area contributed by atoms with Crippen molar-refractivity contribution in [2.45, 2.75) is 25.8 Å². The second-order valence-corrected chi connectivity index (χ2v) is 3.76. The molecule has 0 saturated carbocycles. The number of carbonyl (C=O) groups excluding carboxylic acids is 1. The molecule has 0 radical (unpaired) electrons. The number of Topliss-reactive ketones (excluding diaryl/α,β-unsaturated/α-hetero) is 1. The zero-order chi connectivity index (χ0) is 10.8. The maximum absolute atomic E-state index is 12.6. The van der Waals surface area contributed by atoms with Crippen LogP contribution in [-0.2, 0) is 11.2 Å². The Morgan fingerprint density at radius 2 is 2.00 bits per heavy atom. The fraction of sp³-hybridized carbons (Fsp3) is 0.333. The summed E-state index contributed by atoms with van der Waals surface area (Å²) in [5, 5.41) is 0. The van der Waals surface area contributed by atoms with E-state index in [-0.39, 0.29) is 17.6 Å². The molecule has 2 rings (SSSR count). The maximum Gasteiger partial charge on any atom is 0.159 e. The molecule has 0 amide bonds. The summed E-state index contributed by atoms with van der Waals surface area (Å²) in [4.78, 5) is 15.0. The van der Waals surface area contributed by atoms with E-state index in [4.69, 9.17) is 0 Å². The SMILES string of the molecule is CC(=O)C1N=C1CCc1ccc(F)cc1. The van der Waals surface area contributed by atoms with Crippen LogP contribution in [0.4, 0.5) is 4.39 Å². The van der Waals surface area contributed by atoms with E-state index in [9.17, 15) is 9.18 Å². The van der Waals surface area contributed by atoms with Gasteiger partial charge in [-0.05, 0) is 37.5 Å². The number of hydrogen-bond donors (Lipinski definition) is 0. The minimum atomic E-state index is -0.218. The number of aryl methyl sites for hydroxylation is 1. The molecule has 1 heterocycles. The van der Waals surface area contributed by atoms with Gasteiger partial charge in [0.05, 0.1) is 0 Å². The van der Waals surface area contributed by atoms with Gasteiger partial charge in [0, 0.05) is 5.71 Å². The van der Waals surface area contributed by atoms with Gasteiger partial charge in [-0.1, -0.05) is 12.1 Å². The van der Waals surface area contributed by atoms with Gasteiger partial charge in [0.2, 0.25) is 0 Å². The smallest absolute Gasteiger partial charge is 0.159 e. The average Bonchev–Trinajstić information content (AvgIpc) is 2.96. The van der Waals surface area contributed by atoms with E-state index in [0.717, 1.165) is 24.1 Å². The summed E-state index contributed by atoms with van der Waals surface area (Å²) < 4.78 is 12.6. The van der Waals surface area contributed by atoms with Gasteiger partial charge in [0.15, 0.2) is 5.78 Å². The molecular weight excluding hydrogens is 193 g/mol. The van der Waals surface area contributed by atoms with E-state index in [1.165, 1.54) is 12.1 Å². The third kappa shape index (κ3) is 2.49. The van der Waals surface area contributed by atoms with Gasteiger partial charge in [-0.3, -0.25) is 9.79 Å². The lowest BCUT2D eigenvalue weighted by molar-refractivity contribution is -0.116. The first-order valence-electron chi connectivity index (χ1n) is 4.98. The Morgan fingerprint density at radius 1 is 1.33 bits per heavy atom. The van der Waals surface area contributed by atoms with Crippen LogP contribution in [-0.4, -0.2) is 17.5 Å². The molecule has 0 aromatic heterocycles. The number of halogens is 1. The molecule has 1 aromatic rings. The van der Waals surface area contributed by atoms with Crippen LogP contribution in [0.2, 0.25) is 0 Å². The Bertz CT molecular complexity index is 408. The monoisotopic (exact) mass is 205 g/mol. The Kier molecular flexibility index (Phi) is 2.62. The summed E-state index contributed by atoms with van der Waals surface area (Å²) in [6, 6.07) is 6.28. The topological polar surface area (TPSA) is 29.4 Å². The second kappa shape index (κ2) is 3.93. The molecule has 15 heavy (non-hydrogen) atoms. The predicted molar refractivity (Wildman–Crippen MR) is 56.6 cm³/mol. The lowest BCUT2D eigenvalue weighted by atomic mass is 10.1. The highest BCUT2D eigenvalue weighted by Gasteiger charge is 2.30. The molecule has 1 unspecified atom stereocenters. The Labute approximate surface area is 87.8 Å². The summed E-state index contributed by atoms with van der Waals surface area (Å²) in [6.07, 6.45) is 1.62. The standard InChI is InChI=1S/C12H12FNO/c1-8(15)12-11(14-12)7-4-9-2-5-10(13)6-3-9/h2-3,5-6,12H,4,7H2,1H3. The number of rotatable bonds is 4. The summed E-state index contributed by atoms with van der Waals surface area (Å²) in [6.45, 7) is 1.55. The van der Waals surface area contributed by atoms with E-state index >= 15 is 0 Å². The Balaban J connectivity index is 1.82. The molecule has 1 aliphatic heterocycles. The lowest BCUT2D eigenvalue weighted by Gasteiger charge is -1.97. The average molecular weight is 205 g/mol. The summed E-state index contributed by atoms with van der Waals surface area (Å²) in [5.41, 5.74) is 2.06. The highest BCUT2D eigenvalue weighted by Crippen LogP contribution is 2.18. The highest BCUT2D eigenvalue weighted by molar-refractivity contribution is 6.17. The third-order valence-electron chi connectivity index (χ3n) is 2.51. The molecule has 0 saturated heterocycles. The van der Waals surface area contributed by atoms with Crippen LogP contribution in [0.25, 0.3) is 0 Å². The van der Waals surface area contributed by atoms with Gasteiger partial charge >= 0.3 is 0 Å². The number of benzene rings is 1. The van der Waals surface area contributed by atoms with Crippen LogP contribution in [0.1, 0.15) is 18.9 Å². The van der Waals surface area contributed by atoms with Gasteiger partial charge in [0.25, 0.3) is 0 Å². The normalized spacial score (nSPS) is 18.5. The molecule has 78 valence electrons. The van der Waals surface area contributed by atoms with Gasteiger partial charge in [-0.15, -0.1) is 0 Å². The number of hydrogen-bond acceptors (Lipinski definition) is 2. The molecule has 0 spiro atoms. The minimum Gasteiger partial charge on any atom is -0.297 e. The quantitative estimate of drug-likeness (QED) is 0.740. The van der Waals surface area contributed by atoms with Crippen molar-refractivity contribution in [2.75, 3.05) is 0 Å². The number of aliphatic imine (C=N–C) groups is 1. The molecule has 0 aliphatic carbocycles. The van der Waals surface area contributed by atoms with Crippen LogP contribution in [0.5, 0.6) is 0 Å². The Hall–Kier alpha value is -1.51. The molecule has 1 atom stereocenters. The lowest BCUT2D eigenvalue weighted by Crippen LogP contribution is -2.08.